The molecule has 1 aromatic heterocycles. The van der Waals surface area contributed by atoms with Gasteiger partial charge in [0.25, 0.3) is 0 Å². The van der Waals surface area contributed by atoms with E-state index in [-0.39, 0.29) is 11.2 Å². The summed E-state index contributed by atoms with van der Waals surface area (Å²) in [4.78, 5) is 27.4. The van der Waals surface area contributed by atoms with Crippen LogP contribution in [-0.2, 0) is 4.79 Å². The predicted molar refractivity (Wildman–Crippen MR) is 65.3 cm³/mol. The van der Waals surface area contributed by atoms with Crippen molar-refractivity contribution >= 4 is 41.1 Å². The number of anilines is 1. The van der Waals surface area contributed by atoms with Gasteiger partial charge in [-0.05, 0) is 19.1 Å². The van der Waals surface area contributed by atoms with E-state index in [9.17, 15) is 9.59 Å². The number of carbonyl (C=O) groups excluding carboxylic acids is 2. The number of ketones is 1. The molecule has 1 aromatic rings. The summed E-state index contributed by atoms with van der Waals surface area (Å²) < 4.78 is 0.803. The van der Waals surface area contributed by atoms with E-state index in [1.165, 1.54) is 23.1 Å². The Morgan fingerprint density at radius 1 is 1.62 bits per heavy atom. The molecule has 4 nitrogen and oxygen atoms in total. The first-order valence-electron chi connectivity index (χ1n) is 4.90. The van der Waals surface area contributed by atoms with Crippen LogP contribution in [0.2, 0.25) is 0 Å². The summed E-state index contributed by atoms with van der Waals surface area (Å²) in [6.45, 7) is 1.96. The van der Waals surface area contributed by atoms with Gasteiger partial charge >= 0.3 is 0 Å². The number of hydrogen-bond donors (Lipinski definition) is 1. The van der Waals surface area contributed by atoms with Crippen molar-refractivity contribution < 1.29 is 9.59 Å². The molecule has 16 heavy (non-hydrogen) atoms. The number of carbonyl (C=O) groups is 2. The highest BCUT2D eigenvalue weighted by molar-refractivity contribution is 8.00. The highest BCUT2D eigenvalue weighted by Gasteiger charge is 2.46. The Balaban J connectivity index is 2.34. The fourth-order valence-corrected chi connectivity index (χ4v) is 3.00. The van der Waals surface area contributed by atoms with Crippen LogP contribution in [0.15, 0.2) is 4.34 Å². The number of nitrogens with one attached hydrogen (secondary N) is 1. The molecule has 0 aliphatic heterocycles. The summed E-state index contributed by atoms with van der Waals surface area (Å²) in [6, 6.07) is 0. The van der Waals surface area contributed by atoms with Crippen LogP contribution in [0.5, 0.6) is 0 Å². The van der Waals surface area contributed by atoms with E-state index in [4.69, 9.17) is 0 Å². The van der Waals surface area contributed by atoms with E-state index < -0.39 is 0 Å². The first kappa shape index (κ1) is 11.6. The van der Waals surface area contributed by atoms with Crippen LogP contribution in [0.3, 0.4) is 0 Å². The quantitative estimate of drug-likeness (QED) is 0.499. The lowest BCUT2D eigenvalue weighted by Gasteiger charge is -2.05. The van der Waals surface area contributed by atoms with E-state index in [1.54, 1.807) is 0 Å². The molecule has 6 heteroatoms. The molecule has 0 radical (unpaired) electrons. The molecule has 0 bridgehead atoms. The second kappa shape index (κ2) is 4.18. The molecular formula is C10H12N2O2S2. The van der Waals surface area contributed by atoms with Gasteiger partial charge in [0, 0.05) is 5.41 Å². The number of rotatable bonds is 5. The Labute approximate surface area is 102 Å². The molecule has 0 saturated heterocycles. The van der Waals surface area contributed by atoms with Crippen LogP contribution in [0.1, 0.15) is 29.4 Å². The van der Waals surface area contributed by atoms with Gasteiger partial charge in [0.1, 0.15) is 4.88 Å². The minimum atomic E-state index is -0.221. The van der Waals surface area contributed by atoms with Crippen molar-refractivity contribution in [2.75, 3.05) is 11.6 Å². The van der Waals surface area contributed by atoms with Gasteiger partial charge in [-0.1, -0.05) is 18.7 Å². The third-order valence-electron chi connectivity index (χ3n) is 2.73. The molecule has 86 valence electrons. The smallest absolute Gasteiger partial charge is 0.212 e. The average Bonchev–Trinajstić information content (AvgIpc) is 2.90. The minimum absolute atomic E-state index is 0.106. The van der Waals surface area contributed by atoms with E-state index in [0.717, 1.165) is 17.2 Å². The van der Waals surface area contributed by atoms with Crippen LogP contribution in [0.4, 0.5) is 5.82 Å². The number of hydrogen-bond acceptors (Lipinski definition) is 5. The Kier molecular flexibility index (Phi) is 3.03. The lowest BCUT2D eigenvalue weighted by atomic mass is 10.0. The summed E-state index contributed by atoms with van der Waals surface area (Å²) in [5.41, 5.74) is -0.221. The Morgan fingerprint density at radius 3 is 2.81 bits per heavy atom. The molecular weight excluding hydrogens is 244 g/mol. The molecule has 0 spiro atoms. The summed E-state index contributed by atoms with van der Waals surface area (Å²) in [7, 11) is 0. The van der Waals surface area contributed by atoms with E-state index in [0.29, 0.717) is 17.1 Å². The summed E-state index contributed by atoms with van der Waals surface area (Å²) in [5.74, 6) is 0.511. The van der Waals surface area contributed by atoms with Gasteiger partial charge in [-0.15, -0.1) is 11.3 Å². The van der Waals surface area contributed by atoms with Gasteiger partial charge in [0.15, 0.2) is 15.9 Å². The summed E-state index contributed by atoms with van der Waals surface area (Å²) in [6.07, 6.45) is 4.32. The van der Waals surface area contributed by atoms with Gasteiger partial charge in [0.05, 0.1) is 0 Å². The highest BCUT2D eigenvalue weighted by atomic mass is 32.2. The Bertz CT molecular complexity index is 438. The van der Waals surface area contributed by atoms with Crippen molar-refractivity contribution in [3.05, 3.63) is 4.88 Å². The first-order valence-corrected chi connectivity index (χ1v) is 6.94. The third kappa shape index (κ3) is 1.99. The standard InChI is InChI=1S/C10H12N2O2S2/c1-10(3-4-10)7(14)6-8(11-5-13)12-9(15-2)16-6/h5H,3-4H2,1-2H3,(H,11,13). The zero-order chi connectivity index (χ0) is 11.8. The lowest BCUT2D eigenvalue weighted by molar-refractivity contribution is -0.105. The van der Waals surface area contributed by atoms with E-state index in [1.807, 2.05) is 13.2 Å². The molecule has 1 heterocycles. The Hall–Kier alpha value is -0.880. The maximum Gasteiger partial charge on any atom is 0.212 e. The predicted octanol–water partition coefficient (Wildman–Crippen LogP) is 2.42. The van der Waals surface area contributed by atoms with E-state index in [2.05, 4.69) is 10.3 Å². The Morgan fingerprint density at radius 2 is 2.31 bits per heavy atom. The number of thioether (sulfide) groups is 1. The third-order valence-corrected chi connectivity index (χ3v) is 4.77. The summed E-state index contributed by atoms with van der Waals surface area (Å²) >= 11 is 2.83. The van der Waals surface area contributed by atoms with Crippen LogP contribution in [-0.4, -0.2) is 23.4 Å². The molecule has 0 aromatic carbocycles. The van der Waals surface area contributed by atoms with Gasteiger partial charge in [-0.3, -0.25) is 9.59 Å². The van der Waals surface area contributed by atoms with Gasteiger partial charge in [0.2, 0.25) is 6.41 Å². The molecule has 2 rings (SSSR count). The zero-order valence-corrected chi connectivity index (χ0v) is 10.7. The minimum Gasteiger partial charge on any atom is -0.312 e. The molecule has 1 aliphatic rings. The van der Waals surface area contributed by atoms with Crippen molar-refractivity contribution in [1.82, 2.24) is 4.98 Å². The molecule has 1 amide bonds. The second-order valence-corrected chi connectivity index (χ2v) is 6.07. The van der Waals surface area contributed by atoms with Crippen molar-refractivity contribution in [3.8, 4) is 0 Å². The molecule has 1 N–H and O–H groups in total. The van der Waals surface area contributed by atoms with Crippen molar-refractivity contribution in [2.45, 2.75) is 24.1 Å². The monoisotopic (exact) mass is 256 g/mol. The molecule has 1 fully saturated rings. The average molecular weight is 256 g/mol. The number of thiazole rings is 1. The second-order valence-electron chi connectivity index (χ2n) is 4.01. The maximum atomic E-state index is 12.2. The fraction of sp³-hybridized carbons (Fsp3) is 0.500. The number of nitrogens with zero attached hydrogens (tertiary/aromatic N) is 1. The van der Waals surface area contributed by atoms with Gasteiger partial charge in [-0.2, -0.15) is 0 Å². The lowest BCUT2D eigenvalue weighted by Crippen LogP contribution is -2.12. The fourth-order valence-electron chi connectivity index (χ4n) is 1.38. The van der Waals surface area contributed by atoms with Crippen molar-refractivity contribution in [1.29, 1.82) is 0 Å². The van der Waals surface area contributed by atoms with E-state index >= 15 is 0 Å². The van der Waals surface area contributed by atoms with Crippen molar-refractivity contribution in [3.63, 3.8) is 0 Å². The molecule has 1 saturated carbocycles. The maximum absolute atomic E-state index is 12.2. The normalized spacial score (nSPS) is 16.9. The first-order chi connectivity index (χ1) is 7.60. The van der Waals surface area contributed by atoms with Crippen LogP contribution >= 0.6 is 23.1 Å². The topological polar surface area (TPSA) is 59.1 Å². The zero-order valence-electron chi connectivity index (χ0n) is 9.07. The molecule has 0 unspecified atom stereocenters. The highest BCUT2D eigenvalue weighted by Crippen LogP contribution is 2.49. The molecule has 1 aliphatic carbocycles. The van der Waals surface area contributed by atoms with Crippen molar-refractivity contribution in [2.24, 2.45) is 5.41 Å². The number of amides is 1. The van der Waals surface area contributed by atoms with Crippen LogP contribution < -0.4 is 5.32 Å². The summed E-state index contributed by atoms with van der Waals surface area (Å²) in [5, 5.41) is 2.50. The van der Waals surface area contributed by atoms with Gasteiger partial charge < -0.3 is 5.32 Å². The number of Topliss-reactive ketones (excluding diaryl/α,β-unsaturated/α-hetero) is 1. The van der Waals surface area contributed by atoms with Crippen LogP contribution in [0.25, 0.3) is 0 Å². The molecule has 0 atom stereocenters. The van der Waals surface area contributed by atoms with Gasteiger partial charge in [-0.25, -0.2) is 4.98 Å². The number of aromatic nitrogens is 1. The largest absolute Gasteiger partial charge is 0.312 e. The SMILES string of the molecule is CSc1nc(NC=O)c(C(=O)C2(C)CC2)s1. The van der Waals surface area contributed by atoms with Crippen LogP contribution in [0, 0.1) is 5.41 Å².